The number of fused-ring (bicyclic) bond motifs is 1. The molecule has 3 nitrogen and oxygen atoms in total. The second-order valence-electron chi connectivity index (χ2n) is 4.27. The molecule has 2 heterocycles. The van der Waals surface area contributed by atoms with Gasteiger partial charge in [0.1, 0.15) is 5.03 Å². The van der Waals surface area contributed by atoms with E-state index in [1.807, 2.05) is 18.8 Å². The average Bonchev–Trinajstić information content (AvgIpc) is 2.89. The van der Waals surface area contributed by atoms with E-state index in [1.165, 1.54) is 17.1 Å². The summed E-state index contributed by atoms with van der Waals surface area (Å²) in [4.78, 5) is 5.80. The molecule has 0 amide bonds. The van der Waals surface area contributed by atoms with Gasteiger partial charge in [-0.05, 0) is 13.0 Å². The molecule has 0 aromatic carbocycles. The standard InChI is InChI=1S/C12H19N3S2/c1-4-9(2)8-17-11-10(7-13-3)15-5-6-16-12(15)14-11/h5-6,9,13H,4,7-8H2,1-3H3. The Morgan fingerprint density at radius 1 is 1.59 bits per heavy atom. The molecule has 1 N–H and O–H groups in total. The van der Waals surface area contributed by atoms with E-state index in [1.54, 1.807) is 11.3 Å². The summed E-state index contributed by atoms with van der Waals surface area (Å²) in [6, 6.07) is 0. The Balaban J connectivity index is 2.19. The molecule has 0 bridgehead atoms. The van der Waals surface area contributed by atoms with Crippen LogP contribution in [-0.4, -0.2) is 22.2 Å². The van der Waals surface area contributed by atoms with Crippen molar-refractivity contribution in [1.29, 1.82) is 0 Å². The lowest BCUT2D eigenvalue weighted by molar-refractivity contribution is 0.636. The third-order valence-corrected chi connectivity index (χ3v) is 4.96. The molecular weight excluding hydrogens is 250 g/mol. The molecule has 0 fully saturated rings. The van der Waals surface area contributed by atoms with Gasteiger partial charge in [-0.25, -0.2) is 4.98 Å². The molecule has 0 saturated heterocycles. The Hall–Kier alpha value is -0.520. The number of nitrogens with zero attached hydrogens (tertiary/aromatic N) is 2. The molecule has 0 spiro atoms. The molecule has 0 aliphatic carbocycles. The normalized spacial score (nSPS) is 13.4. The second-order valence-corrected chi connectivity index (χ2v) is 6.16. The molecule has 0 radical (unpaired) electrons. The molecule has 0 aliphatic rings. The minimum atomic E-state index is 0.752. The maximum atomic E-state index is 4.70. The first-order valence-corrected chi connectivity index (χ1v) is 7.84. The van der Waals surface area contributed by atoms with E-state index in [0.717, 1.165) is 23.2 Å². The highest BCUT2D eigenvalue weighted by Gasteiger charge is 2.13. The summed E-state index contributed by atoms with van der Waals surface area (Å²) in [5, 5.41) is 6.50. The first kappa shape index (κ1) is 12.9. The summed E-state index contributed by atoms with van der Waals surface area (Å²) < 4.78 is 2.19. The molecule has 2 aromatic heterocycles. The lowest BCUT2D eigenvalue weighted by Gasteiger charge is -2.07. The molecule has 94 valence electrons. The zero-order valence-corrected chi connectivity index (χ0v) is 12.2. The Morgan fingerprint density at radius 3 is 3.12 bits per heavy atom. The third-order valence-electron chi connectivity index (χ3n) is 2.87. The number of nitrogens with one attached hydrogen (secondary N) is 1. The Bertz CT molecular complexity index is 475. The van der Waals surface area contributed by atoms with Gasteiger partial charge in [-0.1, -0.05) is 20.3 Å². The summed E-state index contributed by atoms with van der Waals surface area (Å²) in [5.41, 5.74) is 1.29. The van der Waals surface area contributed by atoms with Crippen LogP contribution in [0.1, 0.15) is 26.0 Å². The first-order valence-electron chi connectivity index (χ1n) is 5.98. The molecule has 1 atom stereocenters. The molecule has 5 heteroatoms. The van der Waals surface area contributed by atoms with Gasteiger partial charge in [-0.15, -0.1) is 23.1 Å². The van der Waals surface area contributed by atoms with Crippen LogP contribution in [-0.2, 0) is 6.54 Å². The number of rotatable bonds is 6. The number of thiazole rings is 1. The number of thioether (sulfide) groups is 1. The van der Waals surface area contributed by atoms with E-state index in [-0.39, 0.29) is 0 Å². The Labute approximate surface area is 111 Å². The molecule has 2 aromatic rings. The van der Waals surface area contributed by atoms with Crippen LogP contribution >= 0.6 is 23.1 Å². The predicted molar refractivity (Wildman–Crippen MR) is 76.0 cm³/mol. The summed E-state index contributed by atoms with van der Waals surface area (Å²) in [7, 11) is 1.98. The van der Waals surface area contributed by atoms with Crippen molar-refractivity contribution in [3.63, 3.8) is 0 Å². The minimum absolute atomic E-state index is 0.752. The Morgan fingerprint density at radius 2 is 2.41 bits per heavy atom. The smallest absolute Gasteiger partial charge is 0.194 e. The van der Waals surface area contributed by atoms with E-state index < -0.39 is 0 Å². The number of aromatic nitrogens is 2. The predicted octanol–water partition coefficient (Wildman–Crippen LogP) is 3.25. The number of hydrogen-bond acceptors (Lipinski definition) is 4. The Kier molecular flexibility index (Phi) is 4.48. The lowest BCUT2D eigenvalue weighted by atomic mass is 10.2. The molecule has 0 aliphatic heterocycles. The molecular formula is C12H19N3S2. The van der Waals surface area contributed by atoms with Crippen molar-refractivity contribution in [2.45, 2.75) is 31.8 Å². The van der Waals surface area contributed by atoms with Crippen LogP contribution in [0, 0.1) is 5.92 Å². The summed E-state index contributed by atoms with van der Waals surface area (Å²) >= 11 is 3.58. The van der Waals surface area contributed by atoms with Gasteiger partial charge >= 0.3 is 0 Å². The van der Waals surface area contributed by atoms with Gasteiger partial charge in [0.05, 0.1) is 5.69 Å². The fourth-order valence-electron chi connectivity index (χ4n) is 1.60. The highest BCUT2D eigenvalue weighted by Crippen LogP contribution is 2.27. The maximum Gasteiger partial charge on any atom is 0.194 e. The quantitative estimate of drug-likeness (QED) is 0.816. The van der Waals surface area contributed by atoms with Gasteiger partial charge in [0.2, 0.25) is 0 Å². The highest BCUT2D eigenvalue weighted by molar-refractivity contribution is 7.99. The van der Waals surface area contributed by atoms with E-state index in [0.29, 0.717) is 0 Å². The zero-order chi connectivity index (χ0) is 12.3. The van der Waals surface area contributed by atoms with Crippen LogP contribution < -0.4 is 5.32 Å². The van der Waals surface area contributed by atoms with Crippen LogP contribution in [0.5, 0.6) is 0 Å². The summed E-state index contributed by atoms with van der Waals surface area (Å²) in [5.74, 6) is 1.90. The SMILES string of the molecule is CCC(C)CSc1nc2sccn2c1CNC. The minimum Gasteiger partial charge on any atom is -0.314 e. The lowest BCUT2D eigenvalue weighted by Crippen LogP contribution is -2.08. The van der Waals surface area contributed by atoms with E-state index >= 15 is 0 Å². The van der Waals surface area contributed by atoms with Crippen LogP contribution in [0.3, 0.4) is 0 Å². The van der Waals surface area contributed by atoms with Crippen molar-refractivity contribution in [3.8, 4) is 0 Å². The second kappa shape index (κ2) is 5.89. The van der Waals surface area contributed by atoms with Gasteiger partial charge in [-0.3, -0.25) is 4.40 Å². The fourth-order valence-corrected chi connectivity index (χ4v) is 3.55. The van der Waals surface area contributed by atoms with Gasteiger partial charge in [0.15, 0.2) is 4.96 Å². The number of imidazole rings is 1. The van der Waals surface area contributed by atoms with Gasteiger partial charge in [0.25, 0.3) is 0 Å². The van der Waals surface area contributed by atoms with Gasteiger partial charge < -0.3 is 5.32 Å². The van der Waals surface area contributed by atoms with Crippen LogP contribution in [0.25, 0.3) is 4.96 Å². The highest BCUT2D eigenvalue weighted by atomic mass is 32.2. The van der Waals surface area contributed by atoms with Crippen molar-refractivity contribution in [2.24, 2.45) is 5.92 Å². The van der Waals surface area contributed by atoms with E-state index in [2.05, 4.69) is 35.1 Å². The topological polar surface area (TPSA) is 29.3 Å². The third kappa shape index (κ3) is 2.84. The number of hydrogen-bond donors (Lipinski definition) is 1. The van der Waals surface area contributed by atoms with Gasteiger partial charge in [0, 0.05) is 23.9 Å². The van der Waals surface area contributed by atoms with Crippen LogP contribution in [0.15, 0.2) is 16.6 Å². The summed E-state index contributed by atoms with van der Waals surface area (Å²) in [6.07, 6.45) is 3.34. The van der Waals surface area contributed by atoms with Crippen LogP contribution in [0.2, 0.25) is 0 Å². The average molecular weight is 269 g/mol. The maximum absolute atomic E-state index is 4.70. The molecule has 1 unspecified atom stereocenters. The molecule has 17 heavy (non-hydrogen) atoms. The molecule has 0 saturated carbocycles. The van der Waals surface area contributed by atoms with Crippen molar-refractivity contribution in [3.05, 3.63) is 17.3 Å². The van der Waals surface area contributed by atoms with Crippen molar-refractivity contribution in [2.75, 3.05) is 12.8 Å². The van der Waals surface area contributed by atoms with Crippen molar-refractivity contribution >= 4 is 28.1 Å². The summed E-state index contributed by atoms with van der Waals surface area (Å²) in [6.45, 7) is 5.41. The van der Waals surface area contributed by atoms with Gasteiger partial charge in [-0.2, -0.15) is 0 Å². The van der Waals surface area contributed by atoms with Crippen molar-refractivity contribution in [1.82, 2.24) is 14.7 Å². The zero-order valence-electron chi connectivity index (χ0n) is 10.6. The van der Waals surface area contributed by atoms with Crippen LogP contribution in [0.4, 0.5) is 0 Å². The van der Waals surface area contributed by atoms with E-state index in [4.69, 9.17) is 4.98 Å². The first-order chi connectivity index (χ1) is 8.26. The van der Waals surface area contributed by atoms with E-state index in [9.17, 15) is 0 Å². The monoisotopic (exact) mass is 269 g/mol. The van der Waals surface area contributed by atoms with Crippen molar-refractivity contribution < 1.29 is 0 Å². The largest absolute Gasteiger partial charge is 0.314 e. The fraction of sp³-hybridized carbons (Fsp3) is 0.583. The molecule has 2 rings (SSSR count).